The van der Waals surface area contributed by atoms with Crippen LogP contribution in [0, 0.1) is 11.6 Å². The maximum Gasteiger partial charge on any atom is 0.279 e. The van der Waals surface area contributed by atoms with Gasteiger partial charge in [0.15, 0.2) is 18.2 Å². The first-order valence-electron chi connectivity index (χ1n) is 6.65. The molecule has 3 nitrogen and oxygen atoms in total. The van der Waals surface area contributed by atoms with Gasteiger partial charge in [-0.1, -0.05) is 30.3 Å². The number of nitrogens with one attached hydrogen (secondary N) is 2. The zero-order valence-electron chi connectivity index (χ0n) is 11.7. The van der Waals surface area contributed by atoms with Crippen LogP contribution in [-0.2, 0) is 11.3 Å². The average molecular weight is 291 g/mol. The zero-order valence-corrected chi connectivity index (χ0v) is 11.7. The molecular weight excluding hydrogens is 274 g/mol. The quantitative estimate of drug-likeness (QED) is 0.862. The van der Waals surface area contributed by atoms with Crippen molar-refractivity contribution >= 4 is 11.6 Å². The largest absolute Gasteiger partial charge is 0.326 e. The monoisotopic (exact) mass is 291 g/mol. The predicted molar refractivity (Wildman–Crippen MR) is 76.9 cm³/mol. The van der Waals surface area contributed by atoms with Gasteiger partial charge in [-0.2, -0.15) is 0 Å². The van der Waals surface area contributed by atoms with Crippen molar-refractivity contribution in [2.75, 3.05) is 18.9 Å². The van der Waals surface area contributed by atoms with Crippen LogP contribution in [0.4, 0.5) is 14.5 Å². The minimum absolute atomic E-state index is 0.241. The number of quaternary nitrogens is 1. The molecule has 2 aromatic carbocycles. The standard InChI is InChI=1S/C16H16F2N2O/c1-20(10-12-5-3-2-4-6-12)11-16(21)19-13-7-8-14(17)15(18)9-13/h2-9H,10-11H2,1H3,(H,19,21)/p+1. The molecule has 0 fully saturated rings. The van der Waals surface area contributed by atoms with Crippen LogP contribution in [0.15, 0.2) is 48.5 Å². The second kappa shape index (κ2) is 6.95. The lowest BCUT2D eigenvalue weighted by Crippen LogP contribution is -3.08. The number of amides is 1. The van der Waals surface area contributed by atoms with Gasteiger partial charge in [-0.05, 0) is 12.1 Å². The summed E-state index contributed by atoms with van der Waals surface area (Å²) in [5.74, 6) is -2.15. The van der Waals surface area contributed by atoms with Gasteiger partial charge in [0.05, 0.1) is 7.05 Å². The van der Waals surface area contributed by atoms with E-state index in [-0.39, 0.29) is 18.1 Å². The predicted octanol–water partition coefficient (Wildman–Crippen LogP) is 1.62. The number of anilines is 1. The highest BCUT2D eigenvalue weighted by molar-refractivity contribution is 5.91. The number of carbonyl (C=O) groups is 1. The Morgan fingerprint density at radius 1 is 1.10 bits per heavy atom. The summed E-state index contributed by atoms with van der Waals surface area (Å²) in [6, 6.07) is 13.1. The number of hydrogen-bond donors (Lipinski definition) is 2. The fourth-order valence-corrected chi connectivity index (χ4v) is 2.06. The summed E-state index contributed by atoms with van der Waals surface area (Å²) >= 11 is 0. The van der Waals surface area contributed by atoms with Crippen molar-refractivity contribution in [3.63, 3.8) is 0 Å². The minimum atomic E-state index is -0.974. The van der Waals surface area contributed by atoms with Crippen LogP contribution in [0.25, 0.3) is 0 Å². The fraction of sp³-hybridized carbons (Fsp3) is 0.188. The lowest BCUT2D eigenvalue weighted by molar-refractivity contribution is -0.885. The number of halogens is 2. The van der Waals surface area contributed by atoms with E-state index in [1.165, 1.54) is 6.07 Å². The lowest BCUT2D eigenvalue weighted by Gasteiger charge is -2.14. The van der Waals surface area contributed by atoms with Gasteiger partial charge in [0, 0.05) is 17.3 Å². The molecule has 0 aromatic heterocycles. The van der Waals surface area contributed by atoms with E-state index in [1.54, 1.807) is 0 Å². The number of likely N-dealkylation sites (N-methyl/N-ethyl adjacent to an activating group) is 1. The van der Waals surface area contributed by atoms with Gasteiger partial charge in [-0.15, -0.1) is 0 Å². The first-order chi connectivity index (χ1) is 10.0. The summed E-state index contributed by atoms with van der Waals surface area (Å²) in [5.41, 5.74) is 1.39. The number of benzene rings is 2. The van der Waals surface area contributed by atoms with E-state index in [0.717, 1.165) is 22.6 Å². The Morgan fingerprint density at radius 3 is 2.48 bits per heavy atom. The molecule has 2 rings (SSSR count). The van der Waals surface area contributed by atoms with Crippen LogP contribution in [-0.4, -0.2) is 19.5 Å². The molecule has 0 spiro atoms. The van der Waals surface area contributed by atoms with Crippen molar-refractivity contribution in [3.8, 4) is 0 Å². The topological polar surface area (TPSA) is 33.5 Å². The lowest BCUT2D eigenvalue weighted by atomic mass is 10.2. The summed E-state index contributed by atoms with van der Waals surface area (Å²) in [6.07, 6.45) is 0. The fourth-order valence-electron chi connectivity index (χ4n) is 2.06. The van der Waals surface area contributed by atoms with Crippen molar-refractivity contribution in [2.45, 2.75) is 6.54 Å². The molecule has 21 heavy (non-hydrogen) atoms. The van der Waals surface area contributed by atoms with E-state index in [9.17, 15) is 13.6 Å². The molecule has 0 saturated carbocycles. The highest BCUT2D eigenvalue weighted by atomic mass is 19.2. The Morgan fingerprint density at radius 2 is 1.81 bits per heavy atom. The molecule has 110 valence electrons. The van der Waals surface area contributed by atoms with E-state index >= 15 is 0 Å². The third-order valence-electron chi connectivity index (χ3n) is 3.01. The van der Waals surface area contributed by atoms with Gasteiger partial charge in [-0.25, -0.2) is 8.78 Å². The second-order valence-corrected chi connectivity index (χ2v) is 4.97. The van der Waals surface area contributed by atoms with Gasteiger partial charge in [0.1, 0.15) is 6.54 Å². The third kappa shape index (κ3) is 4.65. The van der Waals surface area contributed by atoms with Crippen LogP contribution < -0.4 is 10.2 Å². The van der Waals surface area contributed by atoms with Crippen LogP contribution >= 0.6 is 0 Å². The summed E-state index contributed by atoms with van der Waals surface area (Å²) in [6.45, 7) is 0.958. The Hall–Kier alpha value is -2.27. The summed E-state index contributed by atoms with van der Waals surface area (Å²) < 4.78 is 25.8. The van der Waals surface area contributed by atoms with E-state index in [4.69, 9.17) is 0 Å². The summed E-state index contributed by atoms with van der Waals surface area (Å²) in [5, 5.41) is 2.56. The maximum atomic E-state index is 13.0. The van der Waals surface area contributed by atoms with Gasteiger partial charge in [-0.3, -0.25) is 4.79 Å². The smallest absolute Gasteiger partial charge is 0.279 e. The molecule has 2 aromatic rings. The second-order valence-electron chi connectivity index (χ2n) is 4.97. The van der Waals surface area contributed by atoms with Crippen molar-refractivity contribution in [1.29, 1.82) is 0 Å². The first kappa shape index (κ1) is 15.1. The first-order valence-corrected chi connectivity index (χ1v) is 6.65. The molecule has 0 aliphatic heterocycles. The molecule has 0 aliphatic rings. The molecular formula is C16H17F2N2O+. The summed E-state index contributed by atoms with van der Waals surface area (Å²) in [7, 11) is 1.90. The number of hydrogen-bond acceptors (Lipinski definition) is 1. The zero-order chi connectivity index (χ0) is 15.2. The van der Waals surface area contributed by atoms with Crippen LogP contribution in [0.5, 0.6) is 0 Å². The molecule has 0 aliphatic carbocycles. The Kier molecular flexibility index (Phi) is 5.00. The molecule has 1 atom stereocenters. The Balaban J connectivity index is 1.87. The molecule has 5 heteroatoms. The summed E-state index contributed by atoms with van der Waals surface area (Å²) in [4.78, 5) is 12.9. The normalized spacial score (nSPS) is 12.0. The third-order valence-corrected chi connectivity index (χ3v) is 3.01. The molecule has 0 bridgehead atoms. The minimum Gasteiger partial charge on any atom is -0.326 e. The SMILES string of the molecule is C[NH+](CC(=O)Nc1ccc(F)c(F)c1)Cc1ccccc1. The molecule has 0 saturated heterocycles. The van der Waals surface area contributed by atoms with Gasteiger partial charge >= 0.3 is 0 Å². The van der Waals surface area contributed by atoms with Gasteiger partial charge in [0.2, 0.25) is 0 Å². The maximum absolute atomic E-state index is 13.0. The van der Waals surface area contributed by atoms with E-state index in [0.29, 0.717) is 6.54 Å². The van der Waals surface area contributed by atoms with Gasteiger partial charge in [0.25, 0.3) is 5.91 Å². The molecule has 2 N–H and O–H groups in total. The Labute approximate surface area is 122 Å². The van der Waals surface area contributed by atoms with Crippen LogP contribution in [0.3, 0.4) is 0 Å². The number of rotatable bonds is 5. The Bertz CT molecular complexity index is 617. The molecule has 0 radical (unpaired) electrons. The molecule has 0 heterocycles. The van der Waals surface area contributed by atoms with Crippen molar-refractivity contribution in [1.82, 2.24) is 0 Å². The van der Waals surface area contributed by atoms with Crippen LogP contribution in [0.2, 0.25) is 0 Å². The van der Waals surface area contributed by atoms with Crippen molar-refractivity contribution < 1.29 is 18.5 Å². The van der Waals surface area contributed by atoms with E-state index < -0.39 is 11.6 Å². The van der Waals surface area contributed by atoms with Crippen molar-refractivity contribution in [3.05, 3.63) is 65.7 Å². The molecule has 1 unspecified atom stereocenters. The van der Waals surface area contributed by atoms with E-state index in [1.807, 2.05) is 37.4 Å². The highest BCUT2D eigenvalue weighted by Crippen LogP contribution is 2.12. The number of carbonyl (C=O) groups excluding carboxylic acids is 1. The van der Waals surface area contributed by atoms with Crippen molar-refractivity contribution in [2.24, 2.45) is 0 Å². The van der Waals surface area contributed by atoms with Gasteiger partial charge < -0.3 is 10.2 Å². The van der Waals surface area contributed by atoms with E-state index in [2.05, 4.69) is 5.32 Å². The van der Waals surface area contributed by atoms with Crippen LogP contribution in [0.1, 0.15) is 5.56 Å². The average Bonchev–Trinajstić information content (AvgIpc) is 2.43. The molecule has 1 amide bonds. The highest BCUT2D eigenvalue weighted by Gasteiger charge is 2.11.